The lowest BCUT2D eigenvalue weighted by atomic mass is 9.84. The Morgan fingerprint density at radius 3 is 2.35 bits per heavy atom. The highest BCUT2D eigenvalue weighted by Crippen LogP contribution is 2.37. The Bertz CT molecular complexity index is 432. The number of hydrogen-bond donors (Lipinski definition) is 0. The van der Waals surface area contributed by atoms with E-state index in [1.165, 1.54) is 0 Å². The first-order valence-corrected chi connectivity index (χ1v) is 7.20. The van der Waals surface area contributed by atoms with Crippen molar-refractivity contribution in [1.29, 1.82) is 0 Å². The predicted molar refractivity (Wildman–Crippen MR) is 82.2 cm³/mol. The van der Waals surface area contributed by atoms with Gasteiger partial charge in [-0.3, -0.25) is 0 Å². The average molecular weight is 347 g/mol. The first-order valence-electron chi connectivity index (χ1n) is 6.41. The minimum atomic E-state index is -0.198. The van der Waals surface area contributed by atoms with Gasteiger partial charge in [0.2, 0.25) is 0 Å². The zero-order valence-corrected chi connectivity index (χ0v) is 14.4. The Morgan fingerprint density at radius 1 is 1.10 bits per heavy atom. The molecule has 0 atom stereocenters. The van der Waals surface area contributed by atoms with Gasteiger partial charge in [-0.15, -0.1) is 0 Å². The largest absolute Gasteiger partial charge is 0.467 e. The van der Waals surface area contributed by atoms with E-state index < -0.39 is 0 Å². The molecule has 0 fully saturated rings. The molecule has 1 rings (SSSR count). The number of rotatable bonds is 8. The molecule has 0 saturated carbocycles. The Labute approximate surface area is 129 Å². The third-order valence-electron chi connectivity index (χ3n) is 2.95. The third kappa shape index (κ3) is 4.74. The zero-order valence-electron chi connectivity index (χ0n) is 12.8. The first kappa shape index (κ1) is 17.4. The van der Waals surface area contributed by atoms with E-state index in [-0.39, 0.29) is 19.0 Å². The summed E-state index contributed by atoms with van der Waals surface area (Å²) in [6.45, 7) is 7.30. The molecule has 0 N–H and O–H groups in total. The molecule has 0 aliphatic carbocycles. The Hall–Kier alpha value is -0.620. The van der Waals surface area contributed by atoms with Crippen LogP contribution in [0, 0.1) is 6.92 Å². The number of ether oxygens (including phenoxy) is 4. The van der Waals surface area contributed by atoms with Crippen LogP contribution >= 0.6 is 15.9 Å². The lowest BCUT2D eigenvalue weighted by molar-refractivity contribution is -0.0458. The van der Waals surface area contributed by atoms with Crippen molar-refractivity contribution in [3.8, 4) is 5.75 Å². The summed E-state index contributed by atoms with van der Waals surface area (Å²) in [5.74, 6) is 0.848. The molecule has 1 aromatic rings. The molecule has 20 heavy (non-hydrogen) atoms. The van der Waals surface area contributed by atoms with Gasteiger partial charge in [-0.05, 0) is 24.6 Å². The van der Waals surface area contributed by atoms with Crippen LogP contribution in [0.2, 0.25) is 0 Å². The van der Waals surface area contributed by atoms with Crippen molar-refractivity contribution < 1.29 is 18.9 Å². The second kappa shape index (κ2) is 7.98. The number of methoxy groups -OCH3 is 2. The van der Waals surface area contributed by atoms with Crippen molar-refractivity contribution >= 4 is 15.9 Å². The van der Waals surface area contributed by atoms with E-state index in [1.807, 2.05) is 13.0 Å². The molecule has 0 aliphatic rings. The number of halogens is 1. The van der Waals surface area contributed by atoms with E-state index in [2.05, 4.69) is 35.8 Å². The minimum Gasteiger partial charge on any atom is -0.467 e. The van der Waals surface area contributed by atoms with Gasteiger partial charge in [0.25, 0.3) is 0 Å². The maximum absolute atomic E-state index is 5.73. The molecule has 1 aromatic carbocycles. The highest BCUT2D eigenvalue weighted by atomic mass is 79.9. The third-order valence-corrected chi connectivity index (χ3v) is 3.41. The van der Waals surface area contributed by atoms with E-state index in [0.717, 1.165) is 21.3 Å². The molecule has 4 nitrogen and oxygen atoms in total. The van der Waals surface area contributed by atoms with Gasteiger partial charge in [-0.2, -0.15) is 0 Å². The summed E-state index contributed by atoms with van der Waals surface area (Å²) in [5.41, 5.74) is 1.94. The Balaban J connectivity index is 3.06. The SMILES string of the molecule is COCOCC(C)(C)c1cc(Br)cc(C)c1OCOC. The van der Waals surface area contributed by atoms with Gasteiger partial charge in [0.15, 0.2) is 6.79 Å². The van der Waals surface area contributed by atoms with Crippen molar-refractivity contribution in [1.82, 2.24) is 0 Å². The van der Waals surface area contributed by atoms with Crippen LogP contribution in [0.25, 0.3) is 0 Å². The van der Waals surface area contributed by atoms with Gasteiger partial charge in [-0.25, -0.2) is 0 Å². The van der Waals surface area contributed by atoms with Crippen molar-refractivity contribution in [3.63, 3.8) is 0 Å². The standard InChI is InChI=1S/C15H23BrO4/c1-11-6-12(16)7-13(14(11)20-10-18-5)15(2,3)8-19-9-17-4/h6-7H,8-10H2,1-5H3. The monoisotopic (exact) mass is 346 g/mol. The summed E-state index contributed by atoms with van der Waals surface area (Å²) in [6, 6.07) is 4.09. The molecule has 0 aliphatic heterocycles. The topological polar surface area (TPSA) is 36.9 Å². The number of benzene rings is 1. The van der Waals surface area contributed by atoms with E-state index in [4.69, 9.17) is 18.9 Å². The van der Waals surface area contributed by atoms with Gasteiger partial charge in [0.05, 0.1) is 6.61 Å². The number of aryl methyl sites for hydroxylation is 1. The lowest BCUT2D eigenvalue weighted by Crippen LogP contribution is -2.26. The van der Waals surface area contributed by atoms with Crippen LogP contribution in [0.1, 0.15) is 25.0 Å². The summed E-state index contributed by atoms with van der Waals surface area (Å²) < 4.78 is 22.2. The van der Waals surface area contributed by atoms with Crippen molar-refractivity contribution in [2.75, 3.05) is 34.4 Å². The fourth-order valence-electron chi connectivity index (χ4n) is 2.00. The molecular formula is C15H23BrO4. The van der Waals surface area contributed by atoms with Crippen LogP contribution in [-0.4, -0.2) is 34.4 Å². The highest BCUT2D eigenvalue weighted by molar-refractivity contribution is 9.10. The molecular weight excluding hydrogens is 324 g/mol. The fourth-order valence-corrected chi connectivity index (χ4v) is 2.57. The van der Waals surface area contributed by atoms with E-state index in [1.54, 1.807) is 14.2 Å². The maximum Gasteiger partial charge on any atom is 0.188 e. The van der Waals surface area contributed by atoms with E-state index in [9.17, 15) is 0 Å². The molecule has 114 valence electrons. The summed E-state index contributed by atoms with van der Waals surface area (Å²) in [7, 11) is 3.23. The molecule has 0 heterocycles. The number of hydrogen-bond acceptors (Lipinski definition) is 4. The molecule has 0 saturated heterocycles. The molecule has 0 amide bonds. The van der Waals surface area contributed by atoms with Crippen molar-refractivity contribution in [3.05, 3.63) is 27.7 Å². The second-order valence-electron chi connectivity index (χ2n) is 5.29. The van der Waals surface area contributed by atoms with Gasteiger partial charge in [0, 0.05) is 29.7 Å². The maximum atomic E-state index is 5.73. The molecule has 0 bridgehead atoms. The van der Waals surface area contributed by atoms with Crippen LogP contribution in [0.15, 0.2) is 16.6 Å². The van der Waals surface area contributed by atoms with Crippen molar-refractivity contribution in [2.24, 2.45) is 0 Å². The summed E-state index contributed by atoms with van der Waals surface area (Å²) >= 11 is 3.54. The van der Waals surface area contributed by atoms with Crippen LogP contribution in [0.3, 0.4) is 0 Å². The highest BCUT2D eigenvalue weighted by Gasteiger charge is 2.26. The molecule has 0 unspecified atom stereocenters. The van der Waals surface area contributed by atoms with Gasteiger partial charge in [0.1, 0.15) is 12.5 Å². The van der Waals surface area contributed by atoms with Crippen LogP contribution < -0.4 is 4.74 Å². The van der Waals surface area contributed by atoms with E-state index in [0.29, 0.717) is 6.61 Å². The Kier molecular flexibility index (Phi) is 6.95. The van der Waals surface area contributed by atoms with Crippen LogP contribution in [-0.2, 0) is 19.6 Å². The van der Waals surface area contributed by atoms with Gasteiger partial charge >= 0.3 is 0 Å². The van der Waals surface area contributed by atoms with Gasteiger partial charge in [-0.1, -0.05) is 29.8 Å². The minimum absolute atomic E-state index is 0.198. The van der Waals surface area contributed by atoms with E-state index >= 15 is 0 Å². The van der Waals surface area contributed by atoms with Crippen molar-refractivity contribution in [2.45, 2.75) is 26.2 Å². The average Bonchev–Trinajstić information content (AvgIpc) is 2.37. The molecule has 0 spiro atoms. The fraction of sp³-hybridized carbons (Fsp3) is 0.600. The van der Waals surface area contributed by atoms with Crippen LogP contribution in [0.5, 0.6) is 5.75 Å². The summed E-state index contributed by atoms with van der Waals surface area (Å²) in [4.78, 5) is 0. The normalized spacial score (nSPS) is 11.7. The first-order chi connectivity index (χ1) is 9.42. The molecule has 0 aromatic heterocycles. The zero-order chi connectivity index (χ0) is 15.2. The van der Waals surface area contributed by atoms with Gasteiger partial charge < -0.3 is 18.9 Å². The summed E-state index contributed by atoms with van der Waals surface area (Å²) in [6.07, 6.45) is 0. The predicted octanol–water partition coefficient (Wildman–Crippen LogP) is 3.64. The lowest BCUT2D eigenvalue weighted by Gasteiger charge is -2.28. The molecule has 0 radical (unpaired) electrons. The Morgan fingerprint density at radius 2 is 1.75 bits per heavy atom. The van der Waals surface area contributed by atoms with Crippen LogP contribution in [0.4, 0.5) is 0 Å². The quantitative estimate of drug-likeness (QED) is 0.532. The summed E-state index contributed by atoms with van der Waals surface area (Å²) in [5, 5.41) is 0. The second-order valence-corrected chi connectivity index (χ2v) is 6.20. The smallest absolute Gasteiger partial charge is 0.188 e. The molecule has 5 heteroatoms.